The van der Waals surface area contributed by atoms with Crippen LogP contribution in [0.1, 0.15) is 26.3 Å². The van der Waals surface area contributed by atoms with Crippen LogP contribution >= 0.6 is 0 Å². The quantitative estimate of drug-likeness (QED) is 0.645. The fourth-order valence-electron chi connectivity index (χ4n) is 2.21. The second-order valence-electron chi connectivity index (χ2n) is 6.16. The van der Waals surface area contributed by atoms with Crippen molar-refractivity contribution in [2.45, 2.75) is 32.9 Å². The van der Waals surface area contributed by atoms with Crippen molar-refractivity contribution in [2.75, 3.05) is 31.2 Å². The number of hydrogen-bond donors (Lipinski definition) is 2. The molecule has 116 valence electrons. The Morgan fingerprint density at radius 2 is 2.14 bits per heavy atom. The minimum Gasteiger partial charge on any atom is -0.378 e. The number of pyridine rings is 1. The molecular weight excluding hydrogens is 266 g/mol. The summed E-state index contributed by atoms with van der Waals surface area (Å²) < 4.78 is 5.39. The zero-order chi connectivity index (χ0) is 15.3. The molecule has 21 heavy (non-hydrogen) atoms. The number of nitrogens with zero attached hydrogens (tertiary/aromatic N) is 3. The molecule has 6 heteroatoms. The predicted octanol–water partition coefficient (Wildman–Crippen LogP) is 1.12. The summed E-state index contributed by atoms with van der Waals surface area (Å²) in [6.45, 7) is 9.90. The molecule has 2 rings (SSSR count). The van der Waals surface area contributed by atoms with E-state index in [2.05, 4.69) is 41.0 Å². The van der Waals surface area contributed by atoms with Crippen molar-refractivity contribution < 1.29 is 4.74 Å². The topological polar surface area (TPSA) is 75.8 Å². The van der Waals surface area contributed by atoms with E-state index in [1.165, 1.54) is 0 Å². The summed E-state index contributed by atoms with van der Waals surface area (Å²) in [6.07, 6.45) is 1.81. The Morgan fingerprint density at radius 1 is 1.43 bits per heavy atom. The third kappa shape index (κ3) is 4.90. The van der Waals surface area contributed by atoms with E-state index in [1.807, 2.05) is 18.3 Å². The molecular formula is C15H25N5O. The van der Waals surface area contributed by atoms with Crippen molar-refractivity contribution in [3.8, 4) is 0 Å². The molecule has 0 bridgehead atoms. The highest BCUT2D eigenvalue weighted by atomic mass is 16.5. The summed E-state index contributed by atoms with van der Waals surface area (Å²) in [5.41, 5.74) is 6.91. The van der Waals surface area contributed by atoms with E-state index in [0.29, 0.717) is 12.5 Å². The van der Waals surface area contributed by atoms with Gasteiger partial charge in [0, 0.05) is 30.4 Å². The van der Waals surface area contributed by atoms with Gasteiger partial charge in [0.2, 0.25) is 0 Å². The van der Waals surface area contributed by atoms with Gasteiger partial charge in [-0.15, -0.1) is 0 Å². The molecule has 0 spiro atoms. The monoisotopic (exact) mass is 291 g/mol. The fraction of sp³-hybridized carbons (Fsp3) is 0.600. The molecule has 0 aliphatic carbocycles. The van der Waals surface area contributed by atoms with Crippen molar-refractivity contribution in [1.29, 1.82) is 0 Å². The highest BCUT2D eigenvalue weighted by molar-refractivity contribution is 5.78. The Labute approximate surface area is 126 Å². The Kier molecular flexibility index (Phi) is 5.01. The maximum Gasteiger partial charge on any atom is 0.189 e. The van der Waals surface area contributed by atoms with Gasteiger partial charge in [-0.3, -0.25) is 0 Å². The van der Waals surface area contributed by atoms with Crippen LogP contribution in [0.15, 0.2) is 23.3 Å². The highest BCUT2D eigenvalue weighted by Gasteiger charge is 2.16. The number of aromatic nitrogens is 1. The number of nitrogens with two attached hydrogens (primary N) is 1. The molecule has 1 saturated heterocycles. The van der Waals surface area contributed by atoms with Gasteiger partial charge in [-0.1, -0.05) is 6.07 Å². The predicted molar refractivity (Wildman–Crippen MR) is 85.5 cm³/mol. The normalized spacial score (nSPS) is 16.9. The molecule has 0 atom stereocenters. The first-order valence-corrected chi connectivity index (χ1v) is 7.30. The molecule has 0 aromatic carbocycles. The summed E-state index contributed by atoms with van der Waals surface area (Å²) in [5.74, 6) is 1.44. The first kappa shape index (κ1) is 15.6. The van der Waals surface area contributed by atoms with E-state index < -0.39 is 0 Å². The Balaban J connectivity index is 2.08. The molecule has 0 saturated carbocycles. The highest BCUT2D eigenvalue weighted by Crippen LogP contribution is 2.19. The van der Waals surface area contributed by atoms with Crippen LogP contribution in [0, 0.1) is 0 Å². The van der Waals surface area contributed by atoms with Crippen LogP contribution in [0.2, 0.25) is 0 Å². The fourth-order valence-corrected chi connectivity index (χ4v) is 2.21. The largest absolute Gasteiger partial charge is 0.378 e. The minimum atomic E-state index is -0.0877. The number of anilines is 1. The first-order chi connectivity index (χ1) is 9.96. The third-order valence-electron chi connectivity index (χ3n) is 3.10. The molecule has 0 amide bonds. The average Bonchev–Trinajstić information content (AvgIpc) is 2.45. The van der Waals surface area contributed by atoms with E-state index in [0.717, 1.165) is 37.7 Å². The molecule has 1 aromatic rings. The summed E-state index contributed by atoms with van der Waals surface area (Å²) in [5, 5.41) is 3.16. The molecule has 1 aliphatic heterocycles. The van der Waals surface area contributed by atoms with Gasteiger partial charge in [-0.25, -0.2) is 9.98 Å². The Morgan fingerprint density at radius 3 is 2.81 bits per heavy atom. The molecule has 3 N–H and O–H groups in total. The number of guanidine groups is 1. The zero-order valence-corrected chi connectivity index (χ0v) is 13.1. The van der Waals surface area contributed by atoms with Gasteiger partial charge in [0.05, 0.1) is 19.8 Å². The number of morpholine rings is 1. The number of hydrogen-bond acceptors (Lipinski definition) is 4. The van der Waals surface area contributed by atoms with Crippen molar-refractivity contribution in [3.63, 3.8) is 0 Å². The molecule has 1 aromatic heterocycles. The average molecular weight is 291 g/mol. The van der Waals surface area contributed by atoms with Gasteiger partial charge in [0.15, 0.2) is 5.96 Å². The minimum absolute atomic E-state index is 0.0877. The smallest absolute Gasteiger partial charge is 0.189 e. The summed E-state index contributed by atoms with van der Waals surface area (Å²) in [7, 11) is 0. The first-order valence-electron chi connectivity index (χ1n) is 7.30. The van der Waals surface area contributed by atoms with Crippen molar-refractivity contribution >= 4 is 11.8 Å². The second kappa shape index (κ2) is 6.76. The van der Waals surface area contributed by atoms with E-state index in [4.69, 9.17) is 10.5 Å². The number of aliphatic imine (C=N–C) groups is 1. The van der Waals surface area contributed by atoms with Crippen molar-refractivity contribution in [3.05, 3.63) is 23.9 Å². The van der Waals surface area contributed by atoms with Crippen molar-refractivity contribution in [1.82, 2.24) is 10.3 Å². The lowest BCUT2D eigenvalue weighted by atomic mass is 10.1. The summed E-state index contributed by atoms with van der Waals surface area (Å²) in [4.78, 5) is 11.2. The summed E-state index contributed by atoms with van der Waals surface area (Å²) >= 11 is 0. The van der Waals surface area contributed by atoms with Crippen LogP contribution in [0.25, 0.3) is 0 Å². The van der Waals surface area contributed by atoms with Gasteiger partial charge in [-0.05, 0) is 26.8 Å². The van der Waals surface area contributed by atoms with Gasteiger partial charge < -0.3 is 20.7 Å². The zero-order valence-electron chi connectivity index (χ0n) is 13.1. The van der Waals surface area contributed by atoms with Crippen LogP contribution in [0.3, 0.4) is 0 Å². The molecule has 1 aliphatic rings. The number of rotatable bonds is 3. The number of nitrogens with one attached hydrogen (secondary N) is 1. The van der Waals surface area contributed by atoms with E-state index in [-0.39, 0.29) is 5.54 Å². The van der Waals surface area contributed by atoms with Gasteiger partial charge in [0.1, 0.15) is 5.82 Å². The lowest BCUT2D eigenvalue weighted by Gasteiger charge is -2.29. The molecule has 2 heterocycles. The molecule has 1 fully saturated rings. The van der Waals surface area contributed by atoms with Gasteiger partial charge in [0.25, 0.3) is 0 Å². The van der Waals surface area contributed by atoms with E-state index in [9.17, 15) is 0 Å². The lowest BCUT2D eigenvalue weighted by molar-refractivity contribution is 0.122. The molecule has 0 unspecified atom stereocenters. The second-order valence-corrected chi connectivity index (χ2v) is 6.16. The Bertz CT molecular complexity index is 489. The summed E-state index contributed by atoms with van der Waals surface area (Å²) in [6, 6.07) is 3.98. The molecule has 6 nitrogen and oxygen atoms in total. The lowest BCUT2D eigenvalue weighted by Crippen LogP contribution is -2.45. The molecule has 0 radical (unpaired) electrons. The standard InChI is InChI=1S/C15H25N5O/c1-15(2,3)19-14(16)18-11-12-5-4-6-17-13(12)20-7-9-21-10-8-20/h4-6H,7-11H2,1-3H3,(H3,16,18,19). The van der Waals surface area contributed by atoms with Crippen LogP contribution in [-0.2, 0) is 11.3 Å². The van der Waals surface area contributed by atoms with E-state index in [1.54, 1.807) is 0 Å². The number of ether oxygens (including phenoxy) is 1. The maximum absolute atomic E-state index is 5.92. The Hall–Kier alpha value is -1.82. The van der Waals surface area contributed by atoms with E-state index >= 15 is 0 Å². The van der Waals surface area contributed by atoms with Crippen LogP contribution in [-0.4, -0.2) is 42.8 Å². The van der Waals surface area contributed by atoms with Crippen LogP contribution in [0.4, 0.5) is 5.82 Å². The van der Waals surface area contributed by atoms with Crippen LogP contribution in [0.5, 0.6) is 0 Å². The SMILES string of the molecule is CC(C)(C)NC(N)=NCc1cccnc1N1CCOCC1. The van der Waals surface area contributed by atoms with Crippen LogP contribution < -0.4 is 16.0 Å². The third-order valence-corrected chi connectivity index (χ3v) is 3.10. The van der Waals surface area contributed by atoms with Gasteiger partial charge >= 0.3 is 0 Å². The maximum atomic E-state index is 5.92. The van der Waals surface area contributed by atoms with Crippen molar-refractivity contribution in [2.24, 2.45) is 10.7 Å². The van der Waals surface area contributed by atoms with Gasteiger partial charge in [-0.2, -0.15) is 0 Å².